The van der Waals surface area contributed by atoms with Crippen LogP contribution in [0.1, 0.15) is 62.0 Å². The molecule has 11 nitrogen and oxygen atoms in total. The predicted molar refractivity (Wildman–Crippen MR) is 197 cm³/mol. The molecule has 1 amide bonds. The Balaban J connectivity index is 1.23. The van der Waals surface area contributed by atoms with Gasteiger partial charge in [-0.25, -0.2) is 13.8 Å². The summed E-state index contributed by atoms with van der Waals surface area (Å²) < 4.78 is 88.4. The highest BCUT2D eigenvalue weighted by molar-refractivity contribution is 5.93. The number of likely N-dealkylation sites (N-methyl/N-ethyl adjacent to an activating group) is 1. The molecule has 2 fully saturated rings. The second-order valence-corrected chi connectivity index (χ2v) is 14.6. The summed E-state index contributed by atoms with van der Waals surface area (Å²) in [5.74, 6) is 1.63. The van der Waals surface area contributed by atoms with Crippen LogP contribution in [0.2, 0.25) is 0 Å². The minimum absolute atomic E-state index is 0.0173. The summed E-state index contributed by atoms with van der Waals surface area (Å²) in [7, 11) is 1.72. The van der Waals surface area contributed by atoms with Crippen LogP contribution in [0, 0.1) is 18.2 Å². The van der Waals surface area contributed by atoms with Crippen LogP contribution in [0.5, 0.6) is 23.4 Å². The van der Waals surface area contributed by atoms with Crippen molar-refractivity contribution < 1.29 is 46.1 Å². The largest absolute Gasteiger partial charge is 0.508 e. The number of alkyl halides is 4. The van der Waals surface area contributed by atoms with Crippen molar-refractivity contribution in [1.82, 2.24) is 19.9 Å². The summed E-state index contributed by atoms with van der Waals surface area (Å²) in [4.78, 5) is 28.7. The molecule has 7 rings (SSSR count). The predicted octanol–water partition coefficient (Wildman–Crippen LogP) is 7.14. The van der Waals surface area contributed by atoms with Crippen LogP contribution >= 0.6 is 0 Å². The van der Waals surface area contributed by atoms with Gasteiger partial charge in [-0.15, -0.1) is 6.42 Å². The van der Waals surface area contributed by atoms with Crippen molar-refractivity contribution in [1.29, 1.82) is 0 Å². The van der Waals surface area contributed by atoms with Crippen molar-refractivity contribution in [3.63, 3.8) is 0 Å². The first kappa shape index (κ1) is 38.4. The van der Waals surface area contributed by atoms with Crippen molar-refractivity contribution in [2.24, 2.45) is 0 Å². The maximum atomic E-state index is 15.0. The lowest BCUT2D eigenvalue weighted by Gasteiger charge is -2.39. The fourth-order valence-electron chi connectivity index (χ4n) is 7.98. The average molecular weight is 779 g/mol. The lowest BCUT2D eigenvalue weighted by molar-refractivity contribution is -0.141. The van der Waals surface area contributed by atoms with Gasteiger partial charge in [0.1, 0.15) is 36.6 Å². The topological polar surface area (TPSA) is 122 Å². The van der Waals surface area contributed by atoms with Gasteiger partial charge in [-0.2, -0.15) is 23.1 Å². The number of phenols is 1. The zero-order valence-corrected chi connectivity index (χ0v) is 30.6. The highest BCUT2D eigenvalue weighted by atomic mass is 19.4. The standard InChI is InChI=1S/C40H39F5N6O5/c1-5-27-29(42)11-9-23-15-26(52)16-28(33(23)27)30-20-54-34-35(47-21-39(13-7-8-14-39)50(4)32(53)6-2)48-37(49-36(34)56-30)55-22-38(3)17-24(41)19-51(38)25-10-12-31(46-18-25)40(43,44)45/h1,6,9-12,15-16,18,24,30,52H,2,7-8,13-14,17,19-22H2,3-4H3,(H,47,48,49)/t24-,30?,38+/m1/s1. The van der Waals surface area contributed by atoms with E-state index in [2.05, 4.69) is 32.8 Å². The number of benzene rings is 2. The molecule has 2 aromatic carbocycles. The minimum Gasteiger partial charge on any atom is -0.508 e. The number of fused-ring (bicyclic) bond motifs is 2. The number of nitrogens with one attached hydrogen (secondary N) is 1. The lowest BCUT2D eigenvalue weighted by atomic mass is 9.95. The summed E-state index contributed by atoms with van der Waals surface area (Å²) in [6.07, 6.45) is 4.31. The highest BCUT2D eigenvalue weighted by Gasteiger charge is 2.45. The van der Waals surface area contributed by atoms with Crippen LogP contribution < -0.4 is 24.4 Å². The summed E-state index contributed by atoms with van der Waals surface area (Å²) in [6, 6.07) is 7.45. The van der Waals surface area contributed by atoms with E-state index in [-0.39, 0.29) is 79.1 Å². The van der Waals surface area contributed by atoms with Crippen molar-refractivity contribution in [2.45, 2.75) is 68.6 Å². The van der Waals surface area contributed by atoms with E-state index >= 15 is 4.39 Å². The molecule has 2 N–H and O–H groups in total. The lowest BCUT2D eigenvalue weighted by Crippen LogP contribution is -2.51. The second kappa shape index (κ2) is 14.7. The first-order valence-electron chi connectivity index (χ1n) is 18.0. The number of carbonyl (C=O) groups excluding carboxylic acids is 1. The number of hydrogen-bond acceptors (Lipinski definition) is 10. The van der Waals surface area contributed by atoms with Crippen LogP contribution in [-0.2, 0) is 11.0 Å². The molecule has 3 atom stereocenters. The quantitative estimate of drug-likeness (QED) is 0.0977. The number of terminal acetylenes is 1. The number of ether oxygens (including phenoxy) is 3. The minimum atomic E-state index is -4.64. The van der Waals surface area contributed by atoms with E-state index in [1.165, 1.54) is 36.4 Å². The van der Waals surface area contributed by atoms with Gasteiger partial charge >= 0.3 is 12.2 Å². The van der Waals surface area contributed by atoms with Gasteiger partial charge < -0.3 is 34.4 Å². The van der Waals surface area contributed by atoms with E-state index in [1.54, 1.807) is 23.8 Å². The average Bonchev–Trinajstić information content (AvgIpc) is 3.79. The van der Waals surface area contributed by atoms with E-state index in [9.17, 15) is 27.5 Å². The van der Waals surface area contributed by atoms with Gasteiger partial charge in [0, 0.05) is 31.0 Å². The Morgan fingerprint density at radius 2 is 2.00 bits per heavy atom. The van der Waals surface area contributed by atoms with Crippen molar-refractivity contribution in [3.05, 3.63) is 77.9 Å². The summed E-state index contributed by atoms with van der Waals surface area (Å²) in [6.45, 7) is 5.19. The molecule has 0 bridgehead atoms. The molecule has 1 saturated carbocycles. The number of aromatic hydroxyl groups is 1. The summed E-state index contributed by atoms with van der Waals surface area (Å²) >= 11 is 0. The van der Waals surface area contributed by atoms with Gasteiger partial charge in [0.05, 0.1) is 35.1 Å². The van der Waals surface area contributed by atoms with Crippen LogP contribution in [0.15, 0.2) is 55.3 Å². The maximum absolute atomic E-state index is 15.0. The molecule has 2 aromatic heterocycles. The molecule has 0 radical (unpaired) electrons. The number of aromatic nitrogens is 3. The van der Waals surface area contributed by atoms with E-state index in [4.69, 9.17) is 20.6 Å². The Morgan fingerprint density at radius 1 is 1.23 bits per heavy atom. The fraction of sp³-hybridized carbons (Fsp3) is 0.400. The molecule has 1 unspecified atom stereocenters. The van der Waals surface area contributed by atoms with Gasteiger partial charge in [-0.05, 0) is 61.6 Å². The van der Waals surface area contributed by atoms with Gasteiger partial charge in [-0.1, -0.05) is 31.4 Å². The van der Waals surface area contributed by atoms with Crippen molar-refractivity contribution in [2.75, 3.05) is 43.6 Å². The Bertz CT molecular complexity index is 2210. The number of amides is 1. The van der Waals surface area contributed by atoms with Crippen LogP contribution in [0.4, 0.5) is 33.5 Å². The van der Waals surface area contributed by atoms with Crippen LogP contribution in [0.25, 0.3) is 10.8 Å². The molecule has 56 heavy (non-hydrogen) atoms. The number of carbonyl (C=O) groups is 1. The number of nitrogens with zero attached hydrogens (tertiary/aromatic N) is 5. The van der Waals surface area contributed by atoms with Crippen LogP contribution in [-0.4, -0.2) is 81.5 Å². The first-order chi connectivity index (χ1) is 26.6. The molecular formula is C40H39F5N6O5. The van der Waals surface area contributed by atoms with Gasteiger partial charge in [-0.3, -0.25) is 4.79 Å². The van der Waals surface area contributed by atoms with E-state index < -0.39 is 41.0 Å². The Hall–Kier alpha value is -5.85. The SMILES string of the molecule is C#Cc1c(F)ccc2cc(O)cc(C3COc4c(NCC5(N(C)C(=O)C=C)CCCC5)nc(OC[C@]5(C)C[C@@H](F)CN5c5ccc(C(F)(F)F)nc5)nc4O3)c12. The zero-order chi connectivity index (χ0) is 40.0. The first-order valence-corrected chi connectivity index (χ1v) is 18.0. The smallest absolute Gasteiger partial charge is 0.433 e. The molecule has 1 aliphatic carbocycles. The Morgan fingerprint density at radius 3 is 2.68 bits per heavy atom. The second-order valence-electron chi connectivity index (χ2n) is 14.6. The monoisotopic (exact) mass is 778 g/mol. The number of halogens is 5. The zero-order valence-electron chi connectivity index (χ0n) is 30.6. The Labute approximate surface area is 319 Å². The fourth-order valence-corrected chi connectivity index (χ4v) is 7.98. The molecule has 4 aromatic rings. The molecule has 1 saturated heterocycles. The van der Waals surface area contributed by atoms with Crippen molar-refractivity contribution in [3.8, 4) is 35.7 Å². The normalized spacial score (nSPS) is 21.4. The molecule has 294 valence electrons. The van der Waals surface area contributed by atoms with Gasteiger partial charge in [0.15, 0.2) is 11.9 Å². The third kappa shape index (κ3) is 7.17. The van der Waals surface area contributed by atoms with Gasteiger partial charge in [0.25, 0.3) is 5.88 Å². The number of hydrogen-bond donors (Lipinski definition) is 2. The Kier molecular flexibility index (Phi) is 10.1. The molecule has 0 spiro atoms. The number of pyridine rings is 1. The molecule has 2 aliphatic heterocycles. The summed E-state index contributed by atoms with van der Waals surface area (Å²) in [5.41, 5.74) is -2.12. The number of anilines is 2. The third-order valence-electron chi connectivity index (χ3n) is 10.9. The third-order valence-corrected chi connectivity index (χ3v) is 10.9. The van der Waals surface area contributed by atoms with Gasteiger partial charge in [0.2, 0.25) is 11.7 Å². The molecular weight excluding hydrogens is 739 g/mol. The summed E-state index contributed by atoms with van der Waals surface area (Å²) in [5, 5.41) is 14.8. The number of rotatable bonds is 10. The maximum Gasteiger partial charge on any atom is 0.433 e. The molecule has 16 heteroatoms. The molecule has 3 aliphatic rings. The van der Waals surface area contributed by atoms with E-state index in [0.717, 1.165) is 25.1 Å². The van der Waals surface area contributed by atoms with Crippen molar-refractivity contribution >= 4 is 28.2 Å². The number of phenolic OH excluding ortho intramolecular Hbond substituents is 1. The van der Waals surface area contributed by atoms with E-state index in [0.29, 0.717) is 29.2 Å². The van der Waals surface area contributed by atoms with Crippen LogP contribution in [0.3, 0.4) is 0 Å². The van der Waals surface area contributed by atoms with E-state index in [1.807, 2.05) is 0 Å². The molecule has 4 heterocycles. The highest BCUT2D eigenvalue weighted by Crippen LogP contribution is 2.45.